The monoisotopic (exact) mass is 474 g/mol. The lowest BCUT2D eigenvalue weighted by atomic mass is 10.1. The first-order valence-electron chi connectivity index (χ1n) is 9.21. The van der Waals surface area contributed by atoms with Gasteiger partial charge >= 0.3 is 6.03 Å². The average molecular weight is 475 g/mol. The predicted octanol–water partition coefficient (Wildman–Crippen LogP) is 3.04. The molecule has 1 heterocycles. The molecule has 0 saturated heterocycles. The van der Waals surface area contributed by atoms with Crippen LogP contribution in [0.1, 0.15) is 26.0 Å². The number of benzene rings is 1. The molecule has 0 fully saturated rings. The van der Waals surface area contributed by atoms with Gasteiger partial charge in [-0.3, -0.25) is 10.1 Å². The van der Waals surface area contributed by atoms with Crippen LogP contribution in [0.3, 0.4) is 0 Å². The quantitative estimate of drug-likeness (QED) is 0.544. The van der Waals surface area contributed by atoms with Crippen molar-refractivity contribution in [2.75, 3.05) is 24.8 Å². The highest BCUT2D eigenvalue weighted by molar-refractivity contribution is 7.90. The smallest absolute Gasteiger partial charge is 0.321 e. The van der Waals surface area contributed by atoms with E-state index in [1.54, 1.807) is 20.8 Å². The third-order valence-electron chi connectivity index (χ3n) is 4.06. The Bertz CT molecular complexity index is 1080. The minimum absolute atomic E-state index is 0.0229. The molecule has 8 nitrogen and oxygen atoms in total. The molecule has 1 aromatic carbocycles. The Hall–Kier alpha value is -2.60. The second kappa shape index (κ2) is 9.69. The summed E-state index contributed by atoms with van der Waals surface area (Å²) in [7, 11) is -3.68. The number of urea groups is 1. The lowest BCUT2D eigenvalue weighted by molar-refractivity contribution is -0.122. The lowest BCUT2D eigenvalue weighted by Crippen LogP contribution is -2.46. The van der Waals surface area contributed by atoms with Crippen LogP contribution < -0.4 is 16.0 Å². The van der Waals surface area contributed by atoms with E-state index in [0.29, 0.717) is 16.1 Å². The van der Waals surface area contributed by atoms with Crippen molar-refractivity contribution >= 4 is 38.2 Å². The zero-order valence-corrected chi connectivity index (χ0v) is 19.1. The van der Waals surface area contributed by atoms with Gasteiger partial charge in [-0.1, -0.05) is 17.4 Å². The molecule has 2 rings (SSSR count). The fraction of sp³-hybridized carbons (Fsp3) is 0.421. The first-order chi connectivity index (χ1) is 14.3. The van der Waals surface area contributed by atoms with E-state index >= 15 is 0 Å². The number of thiazole rings is 1. The van der Waals surface area contributed by atoms with Crippen LogP contribution in [0.4, 0.5) is 18.7 Å². The van der Waals surface area contributed by atoms with E-state index in [9.17, 15) is 26.8 Å². The summed E-state index contributed by atoms with van der Waals surface area (Å²) < 4.78 is 50.0. The fourth-order valence-corrected chi connectivity index (χ4v) is 4.25. The van der Waals surface area contributed by atoms with Gasteiger partial charge in [-0.05, 0) is 38.5 Å². The Labute approximate surface area is 183 Å². The van der Waals surface area contributed by atoms with Gasteiger partial charge in [0, 0.05) is 19.2 Å². The molecule has 31 heavy (non-hydrogen) atoms. The zero-order valence-electron chi connectivity index (χ0n) is 17.5. The summed E-state index contributed by atoms with van der Waals surface area (Å²) in [4.78, 5) is 28.2. The normalized spacial score (nSPS) is 11.8. The van der Waals surface area contributed by atoms with Crippen LogP contribution in [0.5, 0.6) is 0 Å². The molecule has 3 N–H and O–H groups in total. The van der Waals surface area contributed by atoms with Gasteiger partial charge < -0.3 is 10.6 Å². The number of alkyl halides is 1. The predicted molar refractivity (Wildman–Crippen MR) is 115 cm³/mol. The second-order valence-electron chi connectivity index (χ2n) is 7.55. The third kappa shape index (κ3) is 6.96. The number of halogens is 2. The van der Waals surface area contributed by atoms with Crippen LogP contribution in [0.2, 0.25) is 0 Å². The highest BCUT2D eigenvalue weighted by Crippen LogP contribution is 2.34. The first kappa shape index (κ1) is 24.7. The number of nitrogens with one attached hydrogen (secondary N) is 3. The second-order valence-corrected chi connectivity index (χ2v) is 10.5. The molecule has 2 aromatic rings. The van der Waals surface area contributed by atoms with E-state index in [0.717, 1.165) is 23.7 Å². The van der Waals surface area contributed by atoms with E-state index in [1.165, 1.54) is 12.1 Å². The molecule has 0 spiro atoms. The molecule has 0 bridgehead atoms. The number of carbonyl (C=O) groups excluding carboxylic acids is 2. The van der Waals surface area contributed by atoms with E-state index in [-0.39, 0.29) is 18.1 Å². The van der Waals surface area contributed by atoms with Crippen molar-refractivity contribution in [2.45, 2.75) is 37.6 Å². The lowest BCUT2D eigenvalue weighted by Gasteiger charge is -2.22. The summed E-state index contributed by atoms with van der Waals surface area (Å²) in [5, 5.41) is 7.80. The molecule has 0 radical (unpaired) electrons. The van der Waals surface area contributed by atoms with Crippen molar-refractivity contribution in [2.24, 2.45) is 0 Å². The highest BCUT2D eigenvalue weighted by atomic mass is 32.2. The van der Waals surface area contributed by atoms with Gasteiger partial charge in [-0.2, -0.15) is 0 Å². The number of hydrogen-bond donors (Lipinski definition) is 3. The van der Waals surface area contributed by atoms with Gasteiger partial charge in [-0.15, -0.1) is 0 Å². The molecular weight excluding hydrogens is 450 g/mol. The molecule has 0 saturated carbocycles. The Morgan fingerprint density at radius 1 is 1.26 bits per heavy atom. The Kier molecular flexibility index (Phi) is 7.71. The minimum atomic E-state index is -3.68. The summed E-state index contributed by atoms with van der Waals surface area (Å²) in [6.07, 6.45) is 0.903. The molecule has 12 heteroatoms. The van der Waals surface area contributed by atoms with Crippen molar-refractivity contribution in [1.29, 1.82) is 0 Å². The average Bonchev–Trinajstić information content (AvgIpc) is 3.00. The maximum atomic E-state index is 14.2. The number of carbonyl (C=O) groups is 2. The van der Waals surface area contributed by atoms with E-state index in [2.05, 4.69) is 20.9 Å². The van der Waals surface area contributed by atoms with Gasteiger partial charge in [0.25, 0.3) is 0 Å². The highest BCUT2D eigenvalue weighted by Gasteiger charge is 2.20. The minimum Gasteiger partial charge on any atom is -0.349 e. The molecule has 0 atom stereocenters. The summed E-state index contributed by atoms with van der Waals surface area (Å²) >= 11 is 1.09. The van der Waals surface area contributed by atoms with Gasteiger partial charge in [0.1, 0.15) is 17.4 Å². The molecule has 0 aliphatic heterocycles. The van der Waals surface area contributed by atoms with E-state index in [4.69, 9.17) is 0 Å². The van der Waals surface area contributed by atoms with Crippen molar-refractivity contribution < 1.29 is 26.8 Å². The maximum Gasteiger partial charge on any atom is 0.321 e. The summed E-state index contributed by atoms with van der Waals surface area (Å²) in [5.41, 5.74) is -0.00666. The van der Waals surface area contributed by atoms with Crippen LogP contribution >= 0.6 is 11.3 Å². The molecule has 170 valence electrons. The van der Waals surface area contributed by atoms with Crippen LogP contribution in [0.25, 0.3) is 10.4 Å². The Balaban J connectivity index is 1.98. The van der Waals surface area contributed by atoms with Crippen molar-refractivity contribution in [1.82, 2.24) is 15.6 Å². The fourth-order valence-electron chi connectivity index (χ4n) is 2.56. The SMILES string of the molecule is Cc1nc(NC(=O)NCCC(=O)NC(C)(C)CF)sc1-c1ccc(S(C)(=O)=O)c(F)c1. The molecular formula is C19H24F2N4O4S2. The van der Waals surface area contributed by atoms with Gasteiger partial charge in [0.05, 0.1) is 16.1 Å². The van der Waals surface area contributed by atoms with Crippen LogP contribution in [0, 0.1) is 12.7 Å². The van der Waals surface area contributed by atoms with Crippen molar-refractivity contribution in [3.05, 3.63) is 29.7 Å². The standard InChI is InChI=1S/C19H24F2N4O4S2/c1-11-16(12-5-6-14(13(21)9-12)31(4,28)29)30-18(23-11)24-17(27)22-8-7-15(26)25-19(2,3)10-20/h5-6,9H,7-8,10H2,1-4H3,(H,25,26)(H2,22,23,24,27). The molecule has 1 aromatic heterocycles. The third-order valence-corrected chi connectivity index (χ3v) is 6.31. The Morgan fingerprint density at radius 3 is 2.52 bits per heavy atom. The number of aromatic nitrogens is 1. The molecule has 0 aliphatic rings. The van der Waals surface area contributed by atoms with E-state index in [1.807, 2.05) is 0 Å². The first-order valence-corrected chi connectivity index (χ1v) is 11.9. The van der Waals surface area contributed by atoms with Crippen molar-refractivity contribution in [3.63, 3.8) is 0 Å². The van der Waals surface area contributed by atoms with Crippen LogP contribution in [0.15, 0.2) is 23.1 Å². The topological polar surface area (TPSA) is 117 Å². The van der Waals surface area contributed by atoms with Crippen molar-refractivity contribution in [3.8, 4) is 10.4 Å². The maximum absolute atomic E-state index is 14.2. The number of nitrogens with zero attached hydrogens (tertiary/aromatic N) is 1. The van der Waals surface area contributed by atoms with Gasteiger partial charge in [-0.25, -0.2) is 27.0 Å². The molecule has 0 aliphatic carbocycles. The van der Waals surface area contributed by atoms with Crippen LogP contribution in [-0.4, -0.2) is 50.4 Å². The Morgan fingerprint density at radius 2 is 1.94 bits per heavy atom. The number of anilines is 1. The zero-order chi connectivity index (χ0) is 23.4. The summed E-state index contributed by atoms with van der Waals surface area (Å²) in [6.45, 7) is 4.10. The van der Waals surface area contributed by atoms with Crippen LogP contribution in [-0.2, 0) is 14.6 Å². The number of rotatable bonds is 8. The van der Waals surface area contributed by atoms with Gasteiger partial charge in [0.2, 0.25) is 5.91 Å². The number of aryl methyl sites for hydroxylation is 1. The summed E-state index contributed by atoms with van der Waals surface area (Å²) in [6, 6.07) is 3.19. The van der Waals surface area contributed by atoms with E-state index < -0.39 is 44.7 Å². The molecule has 3 amide bonds. The summed E-state index contributed by atoms with van der Waals surface area (Å²) in [5.74, 6) is -1.26. The number of amides is 3. The number of sulfone groups is 1. The largest absolute Gasteiger partial charge is 0.349 e. The molecule has 0 unspecified atom stereocenters. The number of hydrogen-bond acceptors (Lipinski definition) is 6. The van der Waals surface area contributed by atoms with Gasteiger partial charge in [0.15, 0.2) is 15.0 Å².